The van der Waals surface area contributed by atoms with Gasteiger partial charge in [0.2, 0.25) is 10.0 Å². The van der Waals surface area contributed by atoms with Gasteiger partial charge < -0.3 is 10.2 Å². The highest BCUT2D eigenvalue weighted by Crippen LogP contribution is 2.30. The van der Waals surface area contributed by atoms with Crippen molar-refractivity contribution in [3.63, 3.8) is 0 Å². The fraction of sp³-hybridized carbons (Fsp3) is 0.632. The smallest absolute Gasteiger partial charge is 0.251 e. The molecule has 0 spiro atoms. The Morgan fingerprint density at radius 1 is 1.23 bits per heavy atom. The van der Waals surface area contributed by atoms with Gasteiger partial charge in [0.15, 0.2) is 0 Å². The van der Waals surface area contributed by atoms with Crippen LogP contribution in [0.5, 0.6) is 0 Å². The van der Waals surface area contributed by atoms with Crippen LogP contribution in [0.3, 0.4) is 0 Å². The van der Waals surface area contributed by atoms with E-state index >= 15 is 0 Å². The van der Waals surface area contributed by atoms with Crippen LogP contribution in [0.25, 0.3) is 0 Å². The monoisotopic (exact) mass is 379 g/mol. The number of carbonyl (C=O) groups is 1. The number of nitrogens with zero attached hydrogens (tertiary/aromatic N) is 2. The SMILES string of the molecule is CC1CCN(CCCNC(=O)c2ccc3c(c2)CCN3S(C)(=O)=O)CC1. The third kappa shape index (κ3) is 4.57. The molecule has 26 heavy (non-hydrogen) atoms. The van der Waals surface area contributed by atoms with Gasteiger partial charge >= 0.3 is 0 Å². The van der Waals surface area contributed by atoms with Gasteiger partial charge in [0.05, 0.1) is 11.9 Å². The zero-order valence-electron chi connectivity index (χ0n) is 15.7. The van der Waals surface area contributed by atoms with E-state index in [1.165, 1.54) is 23.4 Å². The molecule has 2 aliphatic heterocycles. The van der Waals surface area contributed by atoms with Crippen LogP contribution >= 0.6 is 0 Å². The molecule has 2 heterocycles. The summed E-state index contributed by atoms with van der Waals surface area (Å²) in [6, 6.07) is 5.28. The number of likely N-dealkylation sites (tertiary alicyclic amines) is 1. The van der Waals surface area contributed by atoms with Crippen LogP contribution < -0.4 is 9.62 Å². The Bertz CT molecular complexity index is 755. The number of hydrogen-bond acceptors (Lipinski definition) is 4. The molecule has 1 N–H and O–H groups in total. The molecule has 1 aromatic carbocycles. The molecule has 3 rings (SSSR count). The lowest BCUT2D eigenvalue weighted by atomic mass is 9.99. The van der Waals surface area contributed by atoms with Gasteiger partial charge in [0.1, 0.15) is 0 Å². The van der Waals surface area contributed by atoms with Crippen molar-refractivity contribution in [1.29, 1.82) is 0 Å². The van der Waals surface area contributed by atoms with Gasteiger partial charge in [-0.25, -0.2) is 8.42 Å². The predicted octanol–water partition coefficient (Wildman–Crippen LogP) is 1.86. The van der Waals surface area contributed by atoms with E-state index in [0.717, 1.165) is 37.5 Å². The highest BCUT2D eigenvalue weighted by Gasteiger charge is 2.26. The zero-order valence-corrected chi connectivity index (χ0v) is 16.5. The minimum atomic E-state index is -3.25. The number of sulfonamides is 1. The van der Waals surface area contributed by atoms with Crippen LogP contribution in [0.2, 0.25) is 0 Å². The third-order valence-corrected chi connectivity index (χ3v) is 6.59. The van der Waals surface area contributed by atoms with E-state index in [4.69, 9.17) is 0 Å². The maximum atomic E-state index is 12.4. The molecule has 7 heteroatoms. The summed E-state index contributed by atoms with van der Waals surface area (Å²) in [5, 5.41) is 2.98. The third-order valence-electron chi connectivity index (χ3n) is 5.41. The van der Waals surface area contributed by atoms with Gasteiger partial charge in [-0.2, -0.15) is 0 Å². The number of piperidine rings is 1. The summed E-state index contributed by atoms with van der Waals surface area (Å²) in [6.45, 7) is 6.78. The molecule has 6 nitrogen and oxygen atoms in total. The summed E-state index contributed by atoms with van der Waals surface area (Å²) in [4.78, 5) is 14.8. The van der Waals surface area contributed by atoms with Crippen molar-refractivity contribution >= 4 is 21.6 Å². The number of nitrogens with one attached hydrogen (secondary N) is 1. The molecule has 1 fully saturated rings. The average molecular weight is 380 g/mol. The summed E-state index contributed by atoms with van der Waals surface area (Å²) in [5.41, 5.74) is 2.22. The second kappa shape index (κ2) is 7.96. The first kappa shape index (κ1) is 19.2. The molecular weight excluding hydrogens is 350 g/mol. The number of rotatable bonds is 6. The predicted molar refractivity (Wildman–Crippen MR) is 104 cm³/mol. The standard InChI is InChI=1S/C19H29N3O3S/c1-15-6-11-21(12-7-15)10-3-9-20-19(23)17-4-5-18-16(14-17)8-13-22(18)26(2,24)25/h4-5,14-15H,3,6-13H2,1-2H3,(H,20,23). The van der Waals surface area contributed by atoms with E-state index in [2.05, 4.69) is 17.1 Å². The maximum Gasteiger partial charge on any atom is 0.251 e. The molecule has 0 saturated carbocycles. The summed E-state index contributed by atoms with van der Waals surface area (Å²) in [7, 11) is -3.25. The van der Waals surface area contributed by atoms with E-state index in [0.29, 0.717) is 30.8 Å². The number of benzene rings is 1. The van der Waals surface area contributed by atoms with Crippen LogP contribution in [0.4, 0.5) is 5.69 Å². The zero-order chi connectivity index (χ0) is 18.7. The topological polar surface area (TPSA) is 69.7 Å². The largest absolute Gasteiger partial charge is 0.352 e. The molecule has 1 aromatic rings. The Labute approximate surface area is 156 Å². The van der Waals surface area contributed by atoms with Gasteiger partial charge in [-0.15, -0.1) is 0 Å². The minimum Gasteiger partial charge on any atom is -0.352 e. The lowest BCUT2D eigenvalue weighted by Gasteiger charge is -2.30. The fourth-order valence-corrected chi connectivity index (χ4v) is 4.71. The summed E-state index contributed by atoms with van der Waals surface area (Å²) in [5.74, 6) is 0.752. The van der Waals surface area contributed by atoms with Crippen molar-refractivity contribution in [2.24, 2.45) is 5.92 Å². The van der Waals surface area contributed by atoms with Crippen molar-refractivity contribution in [2.75, 3.05) is 43.3 Å². The van der Waals surface area contributed by atoms with Crippen molar-refractivity contribution in [1.82, 2.24) is 10.2 Å². The van der Waals surface area contributed by atoms with Crippen molar-refractivity contribution in [3.8, 4) is 0 Å². The number of carbonyl (C=O) groups excluding carboxylic acids is 1. The minimum absolute atomic E-state index is 0.0853. The number of fused-ring (bicyclic) bond motifs is 1. The summed E-state index contributed by atoms with van der Waals surface area (Å²) < 4.78 is 25.0. The highest BCUT2D eigenvalue weighted by atomic mass is 32.2. The van der Waals surface area contributed by atoms with Gasteiger partial charge in [0, 0.05) is 18.7 Å². The van der Waals surface area contributed by atoms with Crippen LogP contribution in [0.1, 0.15) is 42.1 Å². The summed E-state index contributed by atoms with van der Waals surface area (Å²) in [6.07, 6.45) is 5.35. The first-order valence-electron chi connectivity index (χ1n) is 9.46. The van der Waals surface area contributed by atoms with Crippen molar-refractivity contribution in [2.45, 2.75) is 32.6 Å². The van der Waals surface area contributed by atoms with E-state index in [-0.39, 0.29) is 5.91 Å². The number of anilines is 1. The highest BCUT2D eigenvalue weighted by molar-refractivity contribution is 7.92. The summed E-state index contributed by atoms with van der Waals surface area (Å²) >= 11 is 0. The van der Waals surface area contributed by atoms with E-state index < -0.39 is 10.0 Å². The second-order valence-corrected chi connectivity index (χ2v) is 9.47. The first-order valence-corrected chi connectivity index (χ1v) is 11.3. The molecule has 144 valence electrons. The molecule has 2 aliphatic rings. The normalized spacial score (nSPS) is 18.8. The van der Waals surface area contributed by atoms with Gasteiger partial charge in [-0.3, -0.25) is 9.10 Å². The van der Waals surface area contributed by atoms with Crippen LogP contribution in [-0.2, 0) is 16.4 Å². The Morgan fingerprint density at radius 2 is 1.96 bits per heavy atom. The van der Waals surface area contributed by atoms with Crippen LogP contribution in [0, 0.1) is 5.92 Å². The van der Waals surface area contributed by atoms with Gasteiger partial charge in [0.25, 0.3) is 5.91 Å². The van der Waals surface area contributed by atoms with Gasteiger partial charge in [-0.05, 0) is 75.0 Å². The molecule has 1 amide bonds. The van der Waals surface area contributed by atoms with E-state index in [1.54, 1.807) is 12.1 Å². The molecule has 0 radical (unpaired) electrons. The van der Waals surface area contributed by atoms with Crippen molar-refractivity contribution in [3.05, 3.63) is 29.3 Å². The fourth-order valence-electron chi connectivity index (χ4n) is 3.75. The lowest BCUT2D eigenvalue weighted by Crippen LogP contribution is -2.35. The Morgan fingerprint density at radius 3 is 2.65 bits per heavy atom. The molecule has 0 bridgehead atoms. The van der Waals surface area contributed by atoms with Crippen molar-refractivity contribution < 1.29 is 13.2 Å². The van der Waals surface area contributed by atoms with Crippen LogP contribution in [-0.4, -0.2) is 58.2 Å². The van der Waals surface area contributed by atoms with Gasteiger partial charge in [-0.1, -0.05) is 6.92 Å². The molecule has 0 aliphatic carbocycles. The molecule has 0 atom stereocenters. The number of hydrogen-bond donors (Lipinski definition) is 1. The second-order valence-electron chi connectivity index (χ2n) is 7.56. The molecule has 1 saturated heterocycles. The first-order chi connectivity index (χ1) is 12.3. The molecule has 0 unspecified atom stereocenters. The Hall–Kier alpha value is -1.60. The van der Waals surface area contributed by atoms with Crippen LogP contribution in [0.15, 0.2) is 18.2 Å². The lowest BCUT2D eigenvalue weighted by molar-refractivity contribution is 0.0950. The molecular formula is C19H29N3O3S. The molecule has 0 aromatic heterocycles. The quantitative estimate of drug-likeness (QED) is 0.766. The maximum absolute atomic E-state index is 12.4. The average Bonchev–Trinajstić information content (AvgIpc) is 3.03. The number of amides is 1. The Balaban J connectivity index is 1.48. The van der Waals surface area contributed by atoms with E-state index in [1.807, 2.05) is 6.07 Å². The Kier molecular flexibility index (Phi) is 5.87. The van der Waals surface area contributed by atoms with E-state index in [9.17, 15) is 13.2 Å².